The number of halogens is 2. The smallest absolute Gasteiger partial charge is 0.248 e. The van der Waals surface area contributed by atoms with Gasteiger partial charge in [-0.15, -0.1) is 0 Å². The summed E-state index contributed by atoms with van der Waals surface area (Å²) in [5.41, 5.74) is 7.67. The molecule has 0 saturated carbocycles. The van der Waals surface area contributed by atoms with E-state index in [2.05, 4.69) is 15.9 Å². The third-order valence-electron chi connectivity index (χ3n) is 2.61. The summed E-state index contributed by atoms with van der Waals surface area (Å²) >= 11 is 9.27. The van der Waals surface area contributed by atoms with Crippen LogP contribution in [0.25, 0.3) is 12.2 Å². The third-order valence-corrected chi connectivity index (χ3v) is 3.58. The molecule has 2 rings (SSSR count). The Labute approximate surface area is 125 Å². The maximum absolute atomic E-state index is 11.1. The predicted molar refractivity (Wildman–Crippen MR) is 83.0 cm³/mol. The van der Waals surface area contributed by atoms with Crippen LogP contribution < -0.4 is 5.73 Å². The van der Waals surface area contributed by atoms with Crippen molar-refractivity contribution in [3.8, 4) is 0 Å². The monoisotopic (exact) mass is 335 g/mol. The molecule has 0 aromatic heterocycles. The summed E-state index contributed by atoms with van der Waals surface area (Å²) in [6.45, 7) is 0. The van der Waals surface area contributed by atoms with E-state index in [9.17, 15) is 4.79 Å². The highest BCUT2D eigenvalue weighted by Crippen LogP contribution is 2.21. The van der Waals surface area contributed by atoms with E-state index in [1.165, 1.54) is 0 Å². The van der Waals surface area contributed by atoms with Gasteiger partial charge in [0.2, 0.25) is 5.91 Å². The highest BCUT2D eigenvalue weighted by molar-refractivity contribution is 9.10. The molecule has 2 aromatic rings. The van der Waals surface area contributed by atoms with Crippen LogP contribution in [0.5, 0.6) is 0 Å². The van der Waals surface area contributed by atoms with Crippen molar-refractivity contribution >= 4 is 45.6 Å². The van der Waals surface area contributed by atoms with Gasteiger partial charge in [0.1, 0.15) is 0 Å². The molecule has 0 aliphatic carbocycles. The van der Waals surface area contributed by atoms with Gasteiger partial charge >= 0.3 is 0 Å². The topological polar surface area (TPSA) is 43.1 Å². The Morgan fingerprint density at radius 3 is 2.42 bits per heavy atom. The first-order chi connectivity index (χ1) is 9.06. The average Bonchev–Trinajstić information content (AvgIpc) is 2.39. The number of benzene rings is 2. The van der Waals surface area contributed by atoms with Crippen LogP contribution in [-0.4, -0.2) is 5.91 Å². The fraction of sp³-hybridized carbons (Fsp3) is 0. The molecule has 0 spiro atoms. The van der Waals surface area contributed by atoms with Gasteiger partial charge in [-0.05, 0) is 41.5 Å². The van der Waals surface area contributed by atoms with Crippen LogP contribution in [0.3, 0.4) is 0 Å². The van der Waals surface area contributed by atoms with Crippen molar-refractivity contribution in [3.05, 3.63) is 68.7 Å². The van der Waals surface area contributed by atoms with Crippen LogP contribution in [0.15, 0.2) is 46.9 Å². The third kappa shape index (κ3) is 3.69. The number of primary amides is 1. The molecule has 0 heterocycles. The van der Waals surface area contributed by atoms with Crippen LogP contribution in [-0.2, 0) is 0 Å². The number of carbonyl (C=O) groups excluding carboxylic acids is 1. The van der Waals surface area contributed by atoms with E-state index >= 15 is 0 Å². The first kappa shape index (κ1) is 13.8. The Kier molecular flexibility index (Phi) is 4.40. The van der Waals surface area contributed by atoms with E-state index in [0.717, 1.165) is 15.6 Å². The Hall–Kier alpha value is -1.58. The van der Waals surface area contributed by atoms with Crippen LogP contribution in [0, 0.1) is 0 Å². The zero-order valence-corrected chi connectivity index (χ0v) is 12.3. The molecule has 2 nitrogen and oxygen atoms in total. The van der Waals surface area contributed by atoms with Gasteiger partial charge in [-0.1, -0.05) is 51.8 Å². The Bertz CT molecular complexity index is 635. The first-order valence-corrected chi connectivity index (χ1v) is 6.76. The maximum Gasteiger partial charge on any atom is 0.248 e. The molecule has 0 saturated heterocycles. The van der Waals surface area contributed by atoms with E-state index < -0.39 is 5.91 Å². The van der Waals surface area contributed by atoms with E-state index in [4.69, 9.17) is 17.3 Å². The minimum atomic E-state index is -0.436. The van der Waals surface area contributed by atoms with Crippen molar-refractivity contribution in [2.75, 3.05) is 0 Å². The summed E-state index contributed by atoms with van der Waals surface area (Å²) < 4.78 is 0.905. The van der Waals surface area contributed by atoms with Gasteiger partial charge in [0.05, 0.1) is 0 Å². The first-order valence-electron chi connectivity index (χ1n) is 5.59. The van der Waals surface area contributed by atoms with Gasteiger partial charge in [0, 0.05) is 15.1 Å². The van der Waals surface area contributed by atoms with Crippen LogP contribution >= 0.6 is 27.5 Å². The molecule has 1 amide bonds. The van der Waals surface area contributed by atoms with E-state index in [0.29, 0.717) is 10.6 Å². The standard InChI is InChI=1S/C15H11BrClNO/c16-14-8-5-12(15(18)19)9-11(14)4-1-10-2-6-13(17)7-3-10/h1-9H,(H2,18,19)/b4-1+. The fourth-order valence-electron chi connectivity index (χ4n) is 1.58. The molecular weight excluding hydrogens is 326 g/mol. The molecule has 0 bridgehead atoms. The Balaban J connectivity index is 2.29. The number of amides is 1. The Morgan fingerprint density at radius 2 is 1.79 bits per heavy atom. The van der Waals surface area contributed by atoms with Gasteiger partial charge in [-0.25, -0.2) is 0 Å². The van der Waals surface area contributed by atoms with E-state index in [1.807, 2.05) is 42.5 Å². The summed E-state index contributed by atoms with van der Waals surface area (Å²) in [4.78, 5) is 11.1. The minimum Gasteiger partial charge on any atom is -0.366 e. The number of nitrogens with two attached hydrogens (primary N) is 1. The lowest BCUT2D eigenvalue weighted by atomic mass is 10.1. The summed E-state index contributed by atoms with van der Waals surface area (Å²) in [6.07, 6.45) is 3.86. The normalized spacial score (nSPS) is 10.8. The fourth-order valence-corrected chi connectivity index (χ4v) is 2.09. The van der Waals surface area contributed by atoms with Gasteiger partial charge < -0.3 is 5.73 Å². The van der Waals surface area contributed by atoms with Crippen molar-refractivity contribution in [1.82, 2.24) is 0 Å². The molecule has 0 aliphatic heterocycles. The van der Waals surface area contributed by atoms with E-state index in [-0.39, 0.29) is 0 Å². The predicted octanol–water partition coefficient (Wildman–Crippen LogP) is 4.37. The molecule has 2 aromatic carbocycles. The molecule has 4 heteroatoms. The van der Waals surface area contributed by atoms with Crippen molar-refractivity contribution in [2.24, 2.45) is 5.73 Å². The molecule has 96 valence electrons. The molecule has 0 aliphatic rings. The molecule has 0 fully saturated rings. The van der Waals surface area contributed by atoms with Crippen molar-refractivity contribution in [2.45, 2.75) is 0 Å². The number of hydrogen-bond donors (Lipinski definition) is 1. The van der Waals surface area contributed by atoms with Crippen LogP contribution in [0.4, 0.5) is 0 Å². The Morgan fingerprint density at radius 1 is 1.11 bits per heavy atom. The summed E-state index contributed by atoms with van der Waals surface area (Å²) in [7, 11) is 0. The summed E-state index contributed by atoms with van der Waals surface area (Å²) in [5.74, 6) is -0.436. The lowest BCUT2D eigenvalue weighted by molar-refractivity contribution is 0.100. The van der Waals surface area contributed by atoms with Gasteiger partial charge in [-0.2, -0.15) is 0 Å². The lowest BCUT2D eigenvalue weighted by Gasteiger charge is -2.01. The second-order valence-electron chi connectivity index (χ2n) is 3.99. The van der Waals surface area contributed by atoms with E-state index in [1.54, 1.807) is 12.1 Å². The van der Waals surface area contributed by atoms with Crippen LogP contribution in [0.1, 0.15) is 21.5 Å². The van der Waals surface area contributed by atoms with Gasteiger partial charge in [0.25, 0.3) is 0 Å². The van der Waals surface area contributed by atoms with Crippen molar-refractivity contribution in [1.29, 1.82) is 0 Å². The van der Waals surface area contributed by atoms with Gasteiger partial charge in [-0.3, -0.25) is 4.79 Å². The largest absolute Gasteiger partial charge is 0.366 e. The highest BCUT2D eigenvalue weighted by atomic mass is 79.9. The maximum atomic E-state index is 11.1. The van der Waals surface area contributed by atoms with Crippen LogP contribution in [0.2, 0.25) is 5.02 Å². The highest BCUT2D eigenvalue weighted by Gasteiger charge is 2.03. The van der Waals surface area contributed by atoms with Gasteiger partial charge in [0.15, 0.2) is 0 Å². The molecular formula is C15H11BrClNO. The second kappa shape index (κ2) is 6.04. The second-order valence-corrected chi connectivity index (χ2v) is 5.28. The SMILES string of the molecule is NC(=O)c1ccc(Br)c(/C=C/c2ccc(Cl)cc2)c1. The lowest BCUT2D eigenvalue weighted by Crippen LogP contribution is -2.10. The molecule has 0 unspecified atom stereocenters. The number of rotatable bonds is 3. The minimum absolute atomic E-state index is 0.436. The molecule has 0 atom stereocenters. The number of carbonyl (C=O) groups is 1. The molecule has 19 heavy (non-hydrogen) atoms. The summed E-state index contributed by atoms with van der Waals surface area (Å²) in [6, 6.07) is 12.7. The zero-order chi connectivity index (χ0) is 13.8. The molecule has 0 radical (unpaired) electrons. The number of hydrogen-bond acceptors (Lipinski definition) is 1. The van der Waals surface area contributed by atoms with Crippen molar-refractivity contribution < 1.29 is 4.79 Å². The quantitative estimate of drug-likeness (QED) is 0.831. The average molecular weight is 337 g/mol. The molecule has 2 N–H and O–H groups in total. The van der Waals surface area contributed by atoms with Crippen molar-refractivity contribution in [3.63, 3.8) is 0 Å². The zero-order valence-electron chi connectivity index (χ0n) is 9.94. The summed E-state index contributed by atoms with van der Waals surface area (Å²) in [5, 5.41) is 0.703.